The first-order valence-electron chi connectivity index (χ1n) is 7.93. The Hall–Kier alpha value is -1.88. The van der Waals surface area contributed by atoms with E-state index in [2.05, 4.69) is 29.6 Å². The zero-order valence-corrected chi connectivity index (χ0v) is 13.4. The lowest BCUT2D eigenvalue weighted by Crippen LogP contribution is -2.42. The molecule has 122 valence electrons. The van der Waals surface area contributed by atoms with Crippen molar-refractivity contribution in [3.63, 3.8) is 0 Å². The molecule has 1 aliphatic rings. The molecule has 0 bridgehead atoms. The van der Waals surface area contributed by atoms with Crippen LogP contribution in [-0.2, 0) is 4.74 Å². The number of rotatable bonds is 6. The second-order valence-electron chi connectivity index (χ2n) is 6.02. The normalized spacial score (nSPS) is 22.0. The Morgan fingerprint density at radius 3 is 2.43 bits per heavy atom. The fraction of sp³-hybridized carbons (Fsp3) is 0.368. The van der Waals surface area contributed by atoms with Crippen molar-refractivity contribution >= 4 is 0 Å². The van der Waals surface area contributed by atoms with Gasteiger partial charge in [-0.1, -0.05) is 42.5 Å². The van der Waals surface area contributed by atoms with E-state index in [0.717, 1.165) is 11.3 Å². The van der Waals surface area contributed by atoms with Gasteiger partial charge in [0.2, 0.25) is 0 Å². The van der Waals surface area contributed by atoms with Crippen LogP contribution in [0.2, 0.25) is 0 Å². The van der Waals surface area contributed by atoms with Crippen molar-refractivity contribution in [3.05, 3.63) is 65.7 Å². The van der Waals surface area contributed by atoms with Gasteiger partial charge in [0.05, 0.1) is 19.8 Å². The van der Waals surface area contributed by atoms with Crippen molar-refractivity contribution in [1.82, 2.24) is 5.32 Å². The highest BCUT2D eigenvalue weighted by atomic mass is 16.5. The fourth-order valence-electron chi connectivity index (χ4n) is 2.90. The lowest BCUT2D eigenvalue weighted by atomic mass is 9.96. The van der Waals surface area contributed by atoms with E-state index in [1.165, 1.54) is 5.56 Å². The van der Waals surface area contributed by atoms with E-state index in [-0.39, 0.29) is 6.04 Å². The van der Waals surface area contributed by atoms with E-state index in [0.29, 0.717) is 26.2 Å². The van der Waals surface area contributed by atoms with Crippen LogP contribution >= 0.6 is 0 Å². The van der Waals surface area contributed by atoms with Gasteiger partial charge in [-0.2, -0.15) is 0 Å². The topological polar surface area (TPSA) is 50.7 Å². The van der Waals surface area contributed by atoms with Crippen LogP contribution in [0, 0.1) is 0 Å². The highest BCUT2D eigenvalue weighted by Crippen LogP contribution is 2.26. The van der Waals surface area contributed by atoms with Crippen LogP contribution in [0.25, 0.3) is 0 Å². The van der Waals surface area contributed by atoms with Crippen molar-refractivity contribution in [1.29, 1.82) is 0 Å². The average Bonchev–Trinajstić information content (AvgIpc) is 3.03. The minimum Gasteiger partial charge on any atom is -0.497 e. The molecule has 0 radical (unpaired) electrons. The molecule has 1 saturated heterocycles. The number of aliphatic hydroxyl groups is 1. The molecule has 2 aromatic carbocycles. The predicted molar refractivity (Wildman–Crippen MR) is 89.7 cm³/mol. The number of methoxy groups -OCH3 is 1. The first-order valence-corrected chi connectivity index (χ1v) is 7.93. The summed E-state index contributed by atoms with van der Waals surface area (Å²) in [5.41, 5.74) is 1.53. The van der Waals surface area contributed by atoms with E-state index in [1.807, 2.05) is 30.3 Å². The molecule has 4 heteroatoms. The highest BCUT2D eigenvalue weighted by molar-refractivity contribution is 5.35. The molecular weight excluding hydrogens is 290 g/mol. The first-order chi connectivity index (χ1) is 11.2. The van der Waals surface area contributed by atoms with Crippen LogP contribution in [0.1, 0.15) is 23.6 Å². The largest absolute Gasteiger partial charge is 0.497 e. The maximum atomic E-state index is 10.5. The standard InChI is InChI=1S/C19H23NO3/c1-22-17-9-7-16(8-10-17)18(15-5-3-2-4-6-15)20-13-19(21)11-12-23-14-19/h2-10,18,20-21H,11-14H2,1H3. The van der Waals surface area contributed by atoms with Crippen LogP contribution in [0.4, 0.5) is 0 Å². The molecule has 1 aliphatic heterocycles. The second-order valence-corrected chi connectivity index (χ2v) is 6.02. The summed E-state index contributed by atoms with van der Waals surface area (Å²) in [7, 11) is 1.66. The molecule has 0 aromatic heterocycles. The Morgan fingerprint density at radius 1 is 1.13 bits per heavy atom. The summed E-state index contributed by atoms with van der Waals surface area (Å²) >= 11 is 0. The summed E-state index contributed by atoms with van der Waals surface area (Å²) in [6, 6.07) is 18.3. The molecule has 0 amide bonds. The van der Waals surface area contributed by atoms with E-state index < -0.39 is 5.60 Å². The smallest absolute Gasteiger partial charge is 0.118 e. The fourth-order valence-corrected chi connectivity index (χ4v) is 2.90. The summed E-state index contributed by atoms with van der Waals surface area (Å²) < 4.78 is 10.6. The van der Waals surface area contributed by atoms with Crippen LogP contribution in [0.3, 0.4) is 0 Å². The molecule has 2 aromatic rings. The van der Waals surface area contributed by atoms with E-state index >= 15 is 0 Å². The molecule has 0 spiro atoms. The number of ether oxygens (including phenoxy) is 2. The third kappa shape index (κ3) is 3.91. The van der Waals surface area contributed by atoms with Crippen LogP contribution in [0.15, 0.2) is 54.6 Å². The van der Waals surface area contributed by atoms with E-state index in [4.69, 9.17) is 9.47 Å². The molecule has 2 N–H and O–H groups in total. The quantitative estimate of drug-likeness (QED) is 0.860. The first kappa shape index (κ1) is 16.0. The maximum absolute atomic E-state index is 10.5. The Bertz CT molecular complexity index is 606. The number of benzene rings is 2. The van der Waals surface area contributed by atoms with Gasteiger partial charge in [-0.25, -0.2) is 0 Å². The molecule has 1 fully saturated rings. The summed E-state index contributed by atoms with van der Waals surface area (Å²) in [4.78, 5) is 0. The van der Waals surface area contributed by atoms with Gasteiger partial charge < -0.3 is 19.9 Å². The monoisotopic (exact) mass is 313 g/mol. The molecule has 0 saturated carbocycles. The lowest BCUT2D eigenvalue weighted by molar-refractivity contribution is 0.0257. The summed E-state index contributed by atoms with van der Waals surface area (Å²) in [5, 5.41) is 14.0. The van der Waals surface area contributed by atoms with Crippen LogP contribution < -0.4 is 10.1 Å². The zero-order chi connectivity index (χ0) is 16.1. The van der Waals surface area contributed by atoms with Crippen molar-refractivity contribution in [2.45, 2.75) is 18.1 Å². The summed E-state index contributed by atoms with van der Waals surface area (Å²) in [6.07, 6.45) is 0.671. The van der Waals surface area contributed by atoms with Crippen LogP contribution in [0.5, 0.6) is 5.75 Å². The molecule has 0 aliphatic carbocycles. The lowest BCUT2D eigenvalue weighted by Gasteiger charge is -2.26. The Labute approximate surface area is 137 Å². The van der Waals surface area contributed by atoms with Gasteiger partial charge in [0.15, 0.2) is 0 Å². The third-order valence-corrected chi connectivity index (χ3v) is 4.30. The molecule has 2 unspecified atom stereocenters. The predicted octanol–water partition coefficient (Wildman–Crippen LogP) is 2.53. The Morgan fingerprint density at radius 2 is 1.83 bits per heavy atom. The number of hydrogen-bond donors (Lipinski definition) is 2. The van der Waals surface area contributed by atoms with Gasteiger partial charge in [0, 0.05) is 19.6 Å². The molecule has 23 heavy (non-hydrogen) atoms. The van der Waals surface area contributed by atoms with Gasteiger partial charge in [0.25, 0.3) is 0 Å². The second kappa shape index (κ2) is 7.13. The molecular formula is C19H23NO3. The molecule has 4 nitrogen and oxygen atoms in total. The van der Waals surface area contributed by atoms with Gasteiger partial charge in [-0.05, 0) is 23.3 Å². The van der Waals surface area contributed by atoms with Gasteiger partial charge in [-0.15, -0.1) is 0 Å². The zero-order valence-electron chi connectivity index (χ0n) is 13.4. The van der Waals surface area contributed by atoms with Gasteiger partial charge in [-0.3, -0.25) is 0 Å². The maximum Gasteiger partial charge on any atom is 0.118 e. The SMILES string of the molecule is COc1ccc(C(NCC2(O)CCOC2)c2ccccc2)cc1. The molecule has 3 rings (SSSR count). The molecule has 2 atom stereocenters. The molecule has 1 heterocycles. The minimum absolute atomic E-state index is 0.0201. The van der Waals surface area contributed by atoms with Crippen molar-refractivity contribution in [2.75, 3.05) is 26.9 Å². The van der Waals surface area contributed by atoms with Crippen molar-refractivity contribution in [3.8, 4) is 5.75 Å². The average molecular weight is 313 g/mol. The van der Waals surface area contributed by atoms with Crippen LogP contribution in [-0.4, -0.2) is 37.6 Å². The van der Waals surface area contributed by atoms with Crippen molar-refractivity contribution in [2.24, 2.45) is 0 Å². The number of hydrogen-bond acceptors (Lipinski definition) is 4. The number of nitrogens with one attached hydrogen (secondary N) is 1. The van der Waals surface area contributed by atoms with Gasteiger partial charge in [0.1, 0.15) is 11.4 Å². The minimum atomic E-state index is -0.778. The van der Waals surface area contributed by atoms with E-state index in [1.54, 1.807) is 7.11 Å². The highest BCUT2D eigenvalue weighted by Gasteiger charge is 2.32. The summed E-state index contributed by atoms with van der Waals surface area (Å²) in [5.74, 6) is 0.836. The third-order valence-electron chi connectivity index (χ3n) is 4.30. The van der Waals surface area contributed by atoms with E-state index in [9.17, 15) is 5.11 Å². The Kier molecular flexibility index (Phi) is 4.96. The summed E-state index contributed by atoms with van der Waals surface area (Å²) in [6.45, 7) is 1.51. The van der Waals surface area contributed by atoms with Gasteiger partial charge >= 0.3 is 0 Å². The van der Waals surface area contributed by atoms with Crippen molar-refractivity contribution < 1.29 is 14.6 Å². The Balaban J connectivity index is 1.81.